The number of aliphatic carboxylic acids is 1. The SMILES string of the molecule is CCCCCCCCCCCCCCCCCCCCCCN(C)CCCC(=O)O. The van der Waals surface area contributed by atoms with Crippen LogP contribution < -0.4 is 0 Å². The van der Waals surface area contributed by atoms with E-state index in [2.05, 4.69) is 18.9 Å². The van der Waals surface area contributed by atoms with E-state index >= 15 is 0 Å². The number of nitrogens with zero attached hydrogens (tertiary/aromatic N) is 1. The van der Waals surface area contributed by atoms with Crippen molar-refractivity contribution in [3.8, 4) is 0 Å². The van der Waals surface area contributed by atoms with Crippen molar-refractivity contribution in [1.82, 2.24) is 4.90 Å². The highest BCUT2D eigenvalue weighted by Gasteiger charge is 2.01. The molecule has 0 atom stereocenters. The van der Waals surface area contributed by atoms with Gasteiger partial charge in [-0.15, -0.1) is 0 Å². The Morgan fingerprint density at radius 1 is 0.533 bits per heavy atom. The van der Waals surface area contributed by atoms with Gasteiger partial charge in [0.25, 0.3) is 0 Å². The Labute approximate surface area is 189 Å². The fourth-order valence-electron chi connectivity index (χ4n) is 4.25. The van der Waals surface area contributed by atoms with Crippen LogP contribution in [0.25, 0.3) is 0 Å². The summed E-state index contributed by atoms with van der Waals surface area (Å²) in [5.41, 5.74) is 0. The molecule has 0 amide bonds. The standard InChI is InChI=1S/C27H55NO2/c1-3-4-5-6-7-8-9-10-11-12-13-14-15-16-17-18-19-20-21-22-25-28(2)26-23-24-27(29)30/h3-26H2,1-2H3,(H,29,30). The minimum Gasteiger partial charge on any atom is -0.481 e. The summed E-state index contributed by atoms with van der Waals surface area (Å²) in [4.78, 5) is 12.8. The quantitative estimate of drug-likeness (QED) is 0.149. The number of carboxylic acids is 1. The Kier molecular flexibility index (Phi) is 24.2. The van der Waals surface area contributed by atoms with Crippen LogP contribution in [-0.4, -0.2) is 36.1 Å². The van der Waals surface area contributed by atoms with Crippen molar-refractivity contribution in [2.45, 2.75) is 148 Å². The average Bonchev–Trinajstić information content (AvgIpc) is 2.72. The van der Waals surface area contributed by atoms with Gasteiger partial charge < -0.3 is 10.0 Å². The summed E-state index contributed by atoms with van der Waals surface area (Å²) in [5.74, 6) is -0.679. The van der Waals surface area contributed by atoms with E-state index in [1.807, 2.05) is 0 Å². The molecule has 0 radical (unpaired) electrons. The molecule has 1 N–H and O–H groups in total. The van der Waals surface area contributed by atoms with E-state index < -0.39 is 5.97 Å². The Bertz CT molecular complexity index is 346. The number of unbranched alkanes of at least 4 members (excludes halogenated alkanes) is 19. The molecule has 30 heavy (non-hydrogen) atoms. The third-order valence-electron chi connectivity index (χ3n) is 6.32. The summed E-state index contributed by atoms with van der Waals surface area (Å²) in [6.45, 7) is 4.31. The van der Waals surface area contributed by atoms with Gasteiger partial charge in [0, 0.05) is 6.42 Å². The lowest BCUT2D eigenvalue weighted by Gasteiger charge is -2.15. The third-order valence-corrected chi connectivity index (χ3v) is 6.32. The Morgan fingerprint density at radius 3 is 1.17 bits per heavy atom. The van der Waals surface area contributed by atoms with E-state index in [9.17, 15) is 4.79 Å². The maximum Gasteiger partial charge on any atom is 0.303 e. The van der Waals surface area contributed by atoms with Gasteiger partial charge in [-0.05, 0) is 33.0 Å². The maximum absolute atomic E-state index is 10.5. The van der Waals surface area contributed by atoms with Crippen LogP contribution in [0.2, 0.25) is 0 Å². The van der Waals surface area contributed by atoms with E-state index in [4.69, 9.17) is 5.11 Å². The highest BCUT2D eigenvalue weighted by atomic mass is 16.4. The molecule has 0 bridgehead atoms. The summed E-state index contributed by atoms with van der Waals surface area (Å²) in [6, 6.07) is 0. The summed E-state index contributed by atoms with van der Waals surface area (Å²) in [5, 5.41) is 8.66. The van der Waals surface area contributed by atoms with Crippen molar-refractivity contribution in [3.05, 3.63) is 0 Å². The first kappa shape index (κ1) is 29.4. The molecule has 0 aliphatic carbocycles. The van der Waals surface area contributed by atoms with Crippen LogP contribution in [0.3, 0.4) is 0 Å². The minimum atomic E-state index is -0.679. The molecule has 0 spiro atoms. The van der Waals surface area contributed by atoms with E-state index in [0.717, 1.165) is 19.5 Å². The minimum absolute atomic E-state index is 0.295. The Morgan fingerprint density at radius 2 is 0.833 bits per heavy atom. The molecule has 0 heterocycles. The van der Waals surface area contributed by atoms with Crippen molar-refractivity contribution < 1.29 is 9.90 Å². The van der Waals surface area contributed by atoms with Crippen LogP contribution >= 0.6 is 0 Å². The van der Waals surface area contributed by atoms with E-state index in [-0.39, 0.29) is 0 Å². The zero-order valence-corrected chi connectivity index (χ0v) is 20.8. The highest BCUT2D eigenvalue weighted by molar-refractivity contribution is 5.66. The largest absolute Gasteiger partial charge is 0.481 e. The van der Waals surface area contributed by atoms with Crippen LogP contribution in [0.4, 0.5) is 0 Å². The van der Waals surface area contributed by atoms with Gasteiger partial charge in [0.05, 0.1) is 0 Å². The van der Waals surface area contributed by atoms with Crippen molar-refractivity contribution in [1.29, 1.82) is 0 Å². The molecule has 0 aromatic heterocycles. The number of hydrogen-bond acceptors (Lipinski definition) is 2. The number of carboxylic acid groups (broad SMARTS) is 1. The first-order valence-corrected chi connectivity index (χ1v) is 13.6. The predicted octanol–water partition coefficient (Wildman–Crippen LogP) is 8.60. The molecule has 180 valence electrons. The molecule has 0 fully saturated rings. The lowest BCUT2D eigenvalue weighted by Crippen LogP contribution is -2.21. The molecular formula is C27H55NO2. The van der Waals surface area contributed by atoms with E-state index in [1.165, 1.54) is 128 Å². The summed E-state index contributed by atoms with van der Waals surface area (Å²) in [6.07, 6.45) is 29.5. The van der Waals surface area contributed by atoms with Gasteiger partial charge in [0.2, 0.25) is 0 Å². The van der Waals surface area contributed by atoms with Crippen molar-refractivity contribution in [2.24, 2.45) is 0 Å². The molecule has 0 unspecified atom stereocenters. The van der Waals surface area contributed by atoms with Crippen molar-refractivity contribution in [2.75, 3.05) is 20.1 Å². The predicted molar refractivity (Wildman–Crippen MR) is 132 cm³/mol. The van der Waals surface area contributed by atoms with Gasteiger partial charge in [-0.2, -0.15) is 0 Å². The lowest BCUT2D eigenvalue weighted by atomic mass is 10.0. The average molecular weight is 426 g/mol. The van der Waals surface area contributed by atoms with Gasteiger partial charge in [-0.3, -0.25) is 4.79 Å². The lowest BCUT2D eigenvalue weighted by molar-refractivity contribution is -0.137. The molecule has 3 nitrogen and oxygen atoms in total. The monoisotopic (exact) mass is 425 g/mol. The second kappa shape index (κ2) is 24.7. The van der Waals surface area contributed by atoms with Gasteiger partial charge in [-0.25, -0.2) is 0 Å². The smallest absolute Gasteiger partial charge is 0.303 e. The molecule has 0 aromatic rings. The molecular weight excluding hydrogens is 370 g/mol. The van der Waals surface area contributed by atoms with Crippen LogP contribution in [0.15, 0.2) is 0 Å². The van der Waals surface area contributed by atoms with Crippen LogP contribution in [0, 0.1) is 0 Å². The fraction of sp³-hybridized carbons (Fsp3) is 0.963. The molecule has 0 rings (SSSR count). The second-order valence-electron chi connectivity index (χ2n) is 9.52. The highest BCUT2D eigenvalue weighted by Crippen LogP contribution is 2.14. The number of rotatable bonds is 25. The number of hydrogen-bond donors (Lipinski definition) is 1. The normalized spacial score (nSPS) is 11.4. The summed E-state index contributed by atoms with van der Waals surface area (Å²) >= 11 is 0. The van der Waals surface area contributed by atoms with Crippen LogP contribution in [0.1, 0.15) is 148 Å². The Hall–Kier alpha value is -0.570. The molecule has 0 aliphatic rings. The van der Waals surface area contributed by atoms with Gasteiger partial charge in [0.15, 0.2) is 0 Å². The zero-order chi connectivity index (χ0) is 22.1. The van der Waals surface area contributed by atoms with E-state index in [0.29, 0.717) is 6.42 Å². The van der Waals surface area contributed by atoms with Crippen LogP contribution in [0.5, 0.6) is 0 Å². The molecule has 0 saturated heterocycles. The topological polar surface area (TPSA) is 40.5 Å². The molecule has 0 aliphatic heterocycles. The number of carbonyl (C=O) groups is 1. The molecule has 3 heteroatoms. The summed E-state index contributed by atoms with van der Waals surface area (Å²) in [7, 11) is 2.11. The fourth-order valence-corrected chi connectivity index (χ4v) is 4.25. The van der Waals surface area contributed by atoms with E-state index in [1.54, 1.807) is 0 Å². The maximum atomic E-state index is 10.5. The van der Waals surface area contributed by atoms with Crippen LogP contribution in [-0.2, 0) is 4.79 Å². The first-order valence-electron chi connectivity index (χ1n) is 13.6. The molecule has 0 saturated carbocycles. The first-order chi connectivity index (χ1) is 14.7. The van der Waals surface area contributed by atoms with Gasteiger partial charge in [-0.1, -0.05) is 129 Å². The van der Waals surface area contributed by atoms with Crippen molar-refractivity contribution >= 4 is 5.97 Å². The van der Waals surface area contributed by atoms with Gasteiger partial charge >= 0.3 is 5.97 Å². The van der Waals surface area contributed by atoms with Crippen molar-refractivity contribution in [3.63, 3.8) is 0 Å². The zero-order valence-electron chi connectivity index (χ0n) is 20.8. The second-order valence-corrected chi connectivity index (χ2v) is 9.52. The Balaban J connectivity index is 3.09. The van der Waals surface area contributed by atoms with Gasteiger partial charge in [0.1, 0.15) is 0 Å². The third kappa shape index (κ3) is 25.5. The summed E-state index contributed by atoms with van der Waals surface area (Å²) < 4.78 is 0. The molecule has 0 aromatic carbocycles.